The average molecular weight is 277 g/mol. The highest BCUT2D eigenvalue weighted by Crippen LogP contribution is 2.18. The van der Waals surface area contributed by atoms with Crippen molar-refractivity contribution < 1.29 is 9.59 Å². The number of hydrogen-bond donors (Lipinski definition) is 1. The maximum Gasteiger partial charge on any atom is 0.263 e. The average Bonchev–Trinajstić information content (AvgIpc) is 2.74. The van der Waals surface area contributed by atoms with Crippen LogP contribution in [-0.2, 0) is 0 Å². The van der Waals surface area contributed by atoms with E-state index in [2.05, 4.69) is 5.32 Å². The largest absolute Gasteiger partial charge is 0.340 e. The van der Waals surface area contributed by atoms with Crippen molar-refractivity contribution in [3.63, 3.8) is 0 Å². The fourth-order valence-corrected chi connectivity index (χ4v) is 2.11. The van der Waals surface area contributed by atoms with Crippen molar-refractivity contribution in [1.82, 2.24) is 10.2 Å². The van der Waals surface area contributed by atoms with E-state index in [4.69, 9.17) is 0 Å². The second-order valence-corrected chi connectivity index (χ2v) is 4.63. The number of rotatable bonds is 5. The summed E-state index contributed by atoms with van der Waals surface area (Å²) >= 11 is 1.25. The molecule has 0 aromatic carbocycles. The van der Waals surface area contributed by atoms with Crippen LogP contribution < -0.4 is 5.32 Å². The van der Waals surface area contributed by atoms with E-state index in [1.54, 1.807) is 24.1 Å². The summed E-state index contributed by atoms with van der Waals surface area (Å²) in [5.74, 6) is -0.0327. The van der Waals surface area contributed by atoms with E-state index in [9.17, 15) is 9.59 Å². The molecule has 0 fully saturated rings. The quantitative estimate of drug-likeness (QED) is 0.832. The fourth-order valence-electron chi connectivity index (χ4n) is 1.21. The Labute approximate surface area is 111 Å². The first-order valence-corrected chi connectivity index (χ1v) is 5.88. The first-order chi connectivity index (χ1) is 7.56. The van der Waals surface area contributed by atoms with Gasteiger partial charge >= 0.3 is 0 Å². The van der Waals surface area contributed by atoms with E-state index < -0.39 is 0 Å². The van der Waals surface area contributed by atoms with Gasteiger partial charge in [0.2, 0.25) is 0 Å². The smallest absolute Gasteiger partial charge is 0.263 e. The lowest BCUT2D eigenvalue weighted by Gasteiger charge is -2.15. The molecular weight excluding hydrogens is 260 g/mol. The molecule has 0 aliphatic carbocycles. The first kappa shape index (κ1) is 16.1. The Balaban J connectivity index is 0.00000256. The van der Waals surface area contributed by atoms with Crippen molar-refractivity contribution in [1.29, 1.82) is 0 Å². The molecule has 17 heavy (non-hydrogen) atoms. The molecule has 0 aliphatic rings. The number of carbonyl (C=O) groups is 2. The molecule has 0 atom stereocenters. The number of Topliss-reactive ketones (excluding diaryl/α,β-unsaturated/α-hetero) is 1. The molecule has 6 heteroatoms. The van der Waals surface area contributed by atoms with Gasteiger partial charge in [0.1, 0.15) is 0 Å². The summed E-state index contributed by atoms with van der Waals surface area (Å²) in [6, 6.07) is 3.41. The molecule has 0 bridgehead atoms. The minimum absolute atomic E-state index is 0. The van der Waals surface area contributed by atoms with Crippen molar-refractivity contribution in [2.24, 2.45) is 0 Å². The van der Waals surface area contributed by atoms with E-state index in [0.29, 0.717) is 16.3 Å². The zero-order valence-electron chi connectivity index (χ0n) is 10.1. The van der Waals surface area contributed by atoms with Crippen LogP contribution in [0.25, 0.3) is 0 Å². The standard InChI is InChI=1S/C11H16N2O2S.ClH/c1-8(14)9-4-5-10(16-9)11(15)13(3)7-6-12-2;/h4-5,12H,6-7H2,1-3H3;1H. The third-order valence-corrected chi connectivity index (χ3v) is 3.38. The summed E-state index contributed by atoms with van der Waals surface area (Å²) in [4.78, 5) is 25.9. The van der Waals surface area contributed by atoms with Crippen LogP contribution in [0.2, 0.25) is 0 Å². The number of amides is 1. The highest BCUT2D eigenvalue weighted by atomic mass is 35.5. The van der Waals surface area contributed by atoms with Crippen LogP contribution in [0, 0.1) is 0 Å². The monoisotopic (exact) mass is 276 g/mol. The van der Waals surface area contributed by atoms with Gasteiger partial charge in [-0.2, -0.15) is 0 Å². The molecule has 0 saturated heterocycles. The Hall–Kier alpha value is -0.910. The van der Waals surface area contributed by atoms with Crippen LogP contribution in [-0.4, -0.2) is 43.8 Å². The van der Waals surface area contributed by atoms with E-state index in [1.165, 1.54) is 18.3 Å². The summed E-state index contributed by atoms with van der Waals surface area (Å²) in [6.07, 6.45) is 0. The predicted octanol–water partition coefficient (Wildman–Crippen LogP) is 1.66. The van der Waals surface area contributed by atoms with Crippen LogP contribution >= 0.6 is 23.7 Å². The fraction of sp³-hybridized carbons (Fsp3) is 0.455. The highest BCUT2D eigenvalue weighted by Gasteiger charge is 2.14. The summed E-state index contributed by atoms with van der Waals surface area (Å²) in [5, 5.41) is 2.98. The van der Waals surface area contributed by atoms with Gasteiger partial charge in [0, 0.05) is 20.1 Å². The van der Waals surface area contributed by atoms with E-state index >= 15 is 0 Å². The number of thiophene rings is 1. The first-order valence-electron chi connectivity index (χ1n) is 5.07. The van der Waals surface area contributed by atoms with E-state index in [1.807, 2.05) is 7.05 Å². The van der Waals surface area contributed by atoms with Crippen LogP contribution in [0.1, 0.15) is 26.3 Å². The molecule has 0 radical (unpaired) electrons. The lowest BCUT2D eigenvalue weighted by atomic mass is 10.3. The Morgan fingerprint density at radius 2 is 1.94 bits per heavy atom. The van der Waals surface area contributed by atoms with Crippen molar-refractivity contribution in [3.8, 4) is 0 Å². The lowest BCUT2D eigenvalue weighted by molar-refractivity contribution is 0.0801. The van der Waals surface area contributed by atoms with Crippen molar-refractivity contribution in [2.75, 3.05) is 27.2 Å². The molecule has 1 N–H and O–H groups in total. The summed E-state index contributed by atoms with van der Waals surface area (Å²) in [7, 11) is 3.60. The zero-order chi connectivity index (χ0) is 12.1. The van der Waals surface area contributed by atoms with Gasteiger partial charge in [-0.25, -0.2) is 0 Å². The van der Waals surface area contributed by atoms with Crippen molar-refractivity contribution in [2.45, 2.75) is 6.92 Å². The van der Waals surface area contributed by atoms with Crippen LogP contribution in [0.4, 0.5) is 0 Å². The number of likely N-dealkylation sites (N-methyl/N-ethyl adjacent to an activating group) is 2. The third kappa shape index (κ3) is 4.46. The molecule has 1 amide bonds. The van der Waals surface area contributed by atoms with Gasteiger partial charge in [0.05, 0.1) is 9.75 Å². The predicted molar refractivity (Wildman–Crippen MR) is 72.5 cm³/mol. The Bertz CT molecular complexity index is 393. The minimum atomic E-state index is -0.0345. The third-order valence-electron chi connectivity index (χ3n) is 2.21. The van der Waals surface area contributed by atoms with E-state index in [0.717, 1.165) is 6.54 Å². The molecule has 4 nitrogen and oxygen atoms in total. The van der Waals surface area contributed by atoms with Crippen LogP contribution in [0.5, 0.6) is 0 Å². The number of hydrogen-bond acceptors (Lipinski definition) is 4. The molecule has 0 saturated carbocycles. The summed E-state index contributed by atoms with van der Waals surface area (Å²) in [5.41, 5.74) is 0. The number of nitrogens with one attached hydrogen (secondary N) is 1. The zero-order valence-corrected chi connectivity index (χ0v) is 11.8. The molecule has 0 spiro atoms. The maximum absolute atomic E-state index is 11.9. The number of ketones is 1. The number of halogens is 1. The van der Waals surface area contributed by atoms with Gasteiger partial charge in [-0.05, 0) is 26.1 Å². The molecule has 0 aliphatic heterocycles. The minimum Gasteiger partial charge on any atom is -0.340 e. The van der Waals surface area contributed by atoms with Gasteiger partial charge in [0.15, 0.2) is 5.78 Å². The van der Waals surface area contributed by atoms with Crippen molar-refractivity contribution in [3.05, 3.63) is 21.9 Å². The molecular formula is C11H17ClN2O2S. The molecule has 1 aromatic rings. The lowest BCUT2D eigenvalue weighted by Crippen LogP contribution is -2.32. The molecule has 1 aromatic heterocycles. The van der Waals surface area contributed by atoms with Gasteiger partial charge in [-0.3, -0.25) is 9.59 Å². The van der Waals surface area contributed by atoms with Gasteiger partial charge in [-0.1, -0.05) is 0 Å². The molecule has 96 valence electrons. The topological polar surface area (TPSA) is 49.4 Å². The van der Waals surface area contributed by atoms with Gasteiger partial charge < -0.3 is 10.2 Å². The SMILES string of the molecule is CNCCN(C)C(=O)c1ccc(C(C)=O)s1.Cl. The van der Waals surface area contributed by atoms with Gasteiger partial charge in [-0.15, -0.1) is 23.7 Å². The second kappa shape index (κ2) is 7.42. The molecule has 1 heterocycles. The molecule has 0 unspecified atom stereocenters. The molecule has 1 rings (SSSR count). The highest BCUT2D eigenvalue weighted by molar-refractivity contribution is 7.15. The maximum atomic E-state index is 11.9. The summed E-state index contributed by atoms with van der Waals surface area (Å²) in [6.45, 7) is 2.92. The Morgan fingerprint density at radius 3 is 2.41 bits per heavy atom. The Morgan fingerprint density at radius 1 is 1.35 bits per heavy atom. The van der Waals surface area contributed by atoms with Crippen molar-refractivity contribution >= 4 is 35.4 Å². The van der Waals surface area contributed by atoms with E-state index in [-0.39, 0.29) is 24.1 Å². The normalized spacial score (nSPS) is 9.59. The second-order valence-electron chi connectivity index (χ2n) is 3.55. The number of nitrogens with zero attached hydrogens (tertiary/aromatic N) is 1. The van der Waals surface area contributed by atoms with Crippen LogP contribution in [0.15, 0.2) is 12.1 Å². The van der Waals surface area contributed by atoms with Gasteiger partial charge in [0.25, 0.3) is 5.91 Å². The number of carbonyl (C=O) groups excluding carboxylic acids is 2. The Kier molecular flexibility index (Phi) is 7.03. The van der Waals surface area contributed by atoms with Crippen LogP contribution in [0.3, 0.4) is 0 Å². The summed E-state index contributed by atoms with van der Waals surface area (Å²) < 4.78 is 0.